The Kier molecular flexibility index (Phi) is 2.68. The molecule has 0 aromatic heterocycles. The van der Waals surface area contributed by atoms with E-state index < -0.39 is 0 Å². The summed E-state index contributed by atoms with van der Waals surface area (Å²) in [5.74, 6) is 2.10. The van der Waals surface area contributed by atoms with Gasteiger partial charge in [-0.05, 0) is 59.4 Å². The largest absolute Gasteiger partial charge is 0.497 e. The van der Waals surface area contributed by atoms with Gasteiger partial charge in [-0.25, -0.2) is 0 Å². The van der Waals surface area contributed by atoms with Crippen LogP contribution < -0.4 is 4.74 Å². The van der Waals surface area contributed by atoms with Crippen molar-refractivity contribution < 1.29 is 4.74 Å². The highest BCUT2D eigenvalue weighted by molar-refractivity contribution is 8.02. The second-order valence-corrected chi connectivity index (χ2v) is 5.49. The third-order valence-corrected chi connectivity index (χ3v) is 4.71. The first-order valence-electron chi connectivity index (χ1n) is 5.90. The van der Waals surface area contributed by atoms with E-state index in [1.807, 2.05) is 11.8 Å². The Morgan fingerprint density at radius 2 is 2.06 bits per heavy atom. The number of allylic oxidation sites excluding steroid dienone is 2. The zero-order valence-corrected chi connectivity index (χ0v) is 10.4. The first-order valence-corrected chi connectivity index (χ1v) is 6.89. The number of rotatable bonds is 1. The molecule has 1 aliphatic heterocycles. The monoisotopic (exact) mass is 232 g/mol. The molecule has 1 nitrogen and oxygen atoms in total. The summed E-state index contributed by atoms with van der Waals surface area (Å²) < 4.78 is 5.29. The van der Waals surface area contributed by atoms with Crippen LogP contribution in [0.1, 0.15) is 36.8 Å². The highest BCUT2D eigenvalue weighted by Crippen LogP contribution is 2.45. The van der Waals surface area contributed by atoms with Crippen LogP contribution in [0.2, 0.25) is 0 Å². The summed E-state index contributed by atoms with van der Waals surface area (Å²) >= 11 is 2.03. The van der Waals surface area contributed by atoms with Crippen LogP contribution in [0.25, 0.3) is 5.57 Å². The molecule has 0 atom stereocenters. The summed E-state index contributed by atoms with van der Waals surface area (Å²) in [6.07, 6.45) is 5.29. The lowest BCUT2D eigenvalue weighted by Crippen LogP contribution is -2.05. The summed E-state index contributed by atoms with van der Waals surface area (Å²) in [5, 5.41) is 0. The van der Waals surface area contributed by atoms with Crippen LogP contribution in [0.5, 0.6) is 5.75 Å². The van der Waals surface area contributed by atoms with Crippen LogP contribution in [-0.2, 0) is 5.75 Å². The lowest BCUT2D eigenvalue weighted by atomic mass is 9.90. The van der Waals surface area contributed by atoms with E-state index in [4.69, 9.17) is 4.74 Å². The van der Waals surface area contributed by atoms with Crippen molar-refractivity contribution >= 4 is 17.3 Å². The summed E-state index contributed by atoms with van der Waals surface area (Å²) in [6.45, 7) is 0. The van der Waals surface area contributed by atoms with Crippen molar-refractivity contribution in [2.75, 3.05) is 7.11 Å². The summed E-state index contributed by atoms with van der Waals surface area (Å²) in [6, 6.07) is 6.53. The third-order valence-electron chi connectivity index (χ3n) is 3.46. The Balaban J connectivity index is 2.07. The van der Waals surface area contributed by atoms with E-state index in [-0.39, 0.29) is 0 Å². The van der Waals surface area contributed by atoms with Crippen LogP contribution >= 0.6 is 11.8 Å². The zero-order valence-electron chi connectivity index (χ0n) is 9.58. The summed E-state index contributed by atoms with van der Waals surface area (Å²) in [5.41, 5.74) is 4.54. The summed E-state index contributed by atoms with van der Waals surface area (Å²) in [4.78, 5) is 1.64. The van der Waals surface area contributed by atoms with Crippen LogP contribution in [0.4, 0.5) is 0 Å². The zero-order chi connectivity index (χ0) is 11.0. The van der Waals surface area contributed by atoms with Gasteiger partial charge in [-0.2, -0.15) is 0 Å². The number of hydrogen-bond donors (Lipinski definition) is 0. The predicted octanol–water partition coefficient (Wildman–Crippen LogP) is 4.23. The van der Waals surface area contributed by atoms with Gasteiger partial charge in [-0.1, -0.05) is 6.07 Å². The van der Waals surface area contributed by atoms with Gasteiger partial charge < -0.3 is 4.74 Å². The van der Waals surface area contributed by atoms with Crippen molar-refractivity contribution in [2.24, 2.45) is 0 Å². The average molecular weight is 232 g/mol. The van der Waals surface area contributed by atoms with E-state index in [1.54, 1.807) is 17.6 Å². The van der Waals surface area contributed by atoms with E-state index >= 15 is 0 Å². The fraction of sp³-hybridized carbons (Fsp3) is 0.429. The first kappa shape index (κ1) is 10.3. The van der Waals surface area contributed by atoms with Gasteiger partial charge in [0.05, 0.1) is 7.11 Å². The maximum atomic E-state index is 5.29. The van der Waals surface area contributed by atoms with Gasteiger partial charge in [0.1, 0.15) is 5.75 Å². The molecule has 1 aromatic rings. The molecule has 3 rings (SSSR count). The summed E-state index contributed by atoms with van der Waals surface area (Å²) in [7, 11) is 1.74. The molecule has 16 heavy (non-hydrogen) atoms. The maximum Gasteiger partial charge on any atom is 0.119 e. The van der Waals surface area contributed by atoms with E-state index in [2.05, 4.69) is 18.2 Å². The standard InChI is InChI=1S/C14H16OS/c1-15-11-6-7-12-10(8-11)9-16-14-5-3-2-4-13(12)14/h6-8H,2-5,9H2,1H3. The number of thioether (sulfide) groups is 1. The normalized spacial score (nSPS) is 19.1. The molecule has 84 valence electrons. The van der Waals surface area contributed by atoms with Crippen LogP contribution in [0, 0.1) is 0 Å². The molecule has 0 bridgehead atoms. The van der Waals surface area contributed by atoms with E-state index in [0.29, 0.717) is 0 Å². The topological polar surface area (TPSA) is 9.23 Å². The number of fused-ring (bicyclic) bond motifs is 2. The van der Waals surface area contributed by atoms with Gasteiger partial charge in [0.25, 0.3) is 0 Å². The van der Waals surface area contributed by atoms with Gasteiger partial charge in [0.2, 0.25) is 0 Å². The van der Waals surface area contributed by atoms with Gasteiger partial charge in [-0.15, -0.1) is 11.8 Å². The lowest BCUT2D eigenvalue weighted by molar-refractivity contribution is 0.414. The Morgan fingerprint density at radius 3 is 2.94 bits per heavy atom. The molecule has 0 unspecified atom stereocenters. The Labute approximate surface area is 101 Å². The van der Waals surface area contributed by atoms with Gasteiger partial charge in [-0.3, -0.25) is 0 Å². The molecule has 2 aliphatic rings. The molecule has 0 fully saturated rings. The highest BCUT2D eigenvalue weighted by atomic mass is 32.2. The molecule has 0 spiro atoms. The molecule has 1 aliphatic carbocycles. The Morgan fingerprint density at radius 1 is 1.19 bits per heavy atom. The molecule has 0 amide bonds. The molecule has 1 aromatic carbocycles. The number of benzene rings is 1. The number of hydrogen-bond acceptors (Lipinski definition) is 2. The van der Waals surface area contributed by atoms with Crippen LogP contribution in [0.3, 0.4) is 0 Å². The average Bonchev–Trinajstić information content (AvgIpc) is 2.38. The molecule has 0 radical (unpaired) electrons. The second-order valence-electron chi connectivity index (χ2n) is 4.42. The third kappa shape index (κ3) is 1.65. The maximum absolute atomic E-state index is 5.29. The van der Waals surface area contributed by atoms with Crippen LogP contribution in [0.15, 0.2) is 23.1 Å². The molecular weight excluding hydrogens is 216 g/mol. The molecular formula is C14H16OS. The van der Waals surface area contributed by atoms with E-state index in [1.165, 1.54) is 36.8 Å². The van der Waals surface area contributed by atoms with Gasteiger partial charge in [0, 0.05) is 5.75 Å². The minimum atomic E-state index is 0.985. The SMILES string of the molecule is COc1ccc2c(c1)CSC1=C2CCCC1. The fourth-order valence-electron chi connectivity index (χ4n) is 2.60. The number of ether oxygens (including phenoxy) is 1. The fourth-order valence-corrected chi connectivity index (χ4v) is 3.84. The number of methoxy groups -OCH3 is 1. The molecule has 0 saturated heterocycles. The van der Waals surface area contributed by atoms with Crippen molar-refractivity contribution in [2.45, 2.75) is 31.4 Å². The van der Waals surface area contributed by atoms with E-state index in [9.17, 15) is 0 Å². The Bertz CT molecular complexity index is 448. The van der Waals surface area contributed by atoms with E-state index in [0.717, 1.165) is 11.5 Å². The van der Waals surface area contributed by atoms with Crippen molar-refractivity contribution in [1.82, 2.24) is 0 Å². The molecule has 0 N–H and O–H groups in total. The minimum Gasteiger partial charge on any atom is -0.497 e. The first-order chi connectivity index (χ1) is 7.88. The molecule has 0 saturated carbocycles. The van der Waals surface area contributed by atoms with Crippen molar-refractivity contribution in [3.63, 3.8) is 0 Å². The molecule has 2 heteroatoms. The smallest absolute Gasteiger partial charge is 0.119 e. The lowest BCUT2D eigenvalue weighted by Gasteiger charge is -2.26. The highest BCUT2D eigenvalue weighted by Gasteiger charge is 2.21. The molecule has 1 heterocycles. The Hall–Kier alpha value is -0.890. The van der Waals surface area contributed by atoms with Gasteiger partial charge >= 0.3 is 0 Å². The van der Waals surface area contributed by atoms with Crippen molar-refractivity contribution in [1.29, 1.82) is 0 Å². The predicted molar refractivity (Wildman–Crippen MR) is 69.7 cm³/mol. The van der Waals surface area contributed by atoms with Gasteiger partial charge in [0.15, 0.2) is 0 Å². The minimum absolute atomic E-state index is 0.985. The quantitative estimate of drug-likeness (QED) is 0.716. The van der Waals surface area contributed by atoms with Crippen LogP contribution in [-0.4, -0.2) is 7.11 Å². The second kappa shape index (κ2) is 4.17. The van der Waals surface area contributed by atoms with Crippen molar-refractivity contribution in [3.05, 3.63) is 34.2 Å². The van der Waals surface area contributed by atoms with Crippen molar-refractivity contribution in [3.8, 4) is 5.75 Å².